The summed E-state index contributed by atoms with van der Waals surface area (Å²) in [4.78, 5) is 15.3. The van der Waals surface area contributed by atoms with Crippen LogP contribution in [0.15, 0.2) is 12.3 Å². The largest absolute Gasteiger partial charge is 0.478 e. The molecule has 2 rings (SSSR count). The summed E-state index contributed by atoms with van der Waals surface area (Å²) in [6.45, 7) is 5.85. The molecular weight excluding hydrogens is 218 g/mol. The van der Waals surface area contributed by atoms with Crippen LogP contribution in [0.25, 0.3) is 11.0 Å². The molecule has 0 amide bonds. The molecule has 90 valence electrons. The van der Waals surface area contributed by atoms with Gasteiger partial charge in [0.25, 0.3) is 0 Å². The first kappa shape index (κ1) is 11.6. The van der Waals surface area contributed by atoms with Crippen LogP contribution in [-0.4, -0.2) is 25.8 Å². The van der Waals surface area contributed by atoms with Crippen LogP contribution in [0, 0.1) is 6.92 Å². The molecule has 0 aliphatic heterocycles. The Balaban J connectivity index is 2.64. The first-order valence-corrected chi connectivity index (χ1v) is 5.62. The lowest BCUT2D eigenvalue weighted by Gasteiger charge is -2.10. The number of pyridine rings is 1. The van der Waals surface area contributed by atoms with Crippen LogP contribution in [0.5, 0.6) is 0 Å². The molecule has 2 heterocycles. The Morgan fingerprint density at radius 1 is 1.59 bits per heavy atom. The summed E-state index contributed by atoms with van der Waals surface area (Å²) in [6, 6.07) is 1.89. The Bertz CT molecular complexity index is 574. The highest BCUT2D eigenvalue weighted by atomic mass is 16.4. The third-order valence-corrected chi connectivity index (χ3v) is 3.00. The van der Waals surface area contributed by atoms with Crippen molar-refractivity contribution < 1.29 is 9.90 Å². The molecule has 1 N–H and O–H groups in total. The average Bonchev–Trinajstić information content (AvgIpc) is 2.69. The number of hydrogen-bond donors (Lipinski definition) is 1. The van der Waals surface area contributed by atoms with Gasteiger partial charge in [0.1, 0.15) is 0 Å². The summed E-state index contributed by atoms with van der Waals surface area (Å²) in [5.74, 6) is -0.951. The van der Waals surface area contributed by atoms with Crippen molar-refractivity contribution in [3.8, 4) is 0 Å². The molecule has 0 bridgehead atoms. The minimum atomic E-state index is -0.951. The summed E-state index contributed by atoms with van der Waals surface area (Å²) < 4.78 is 1.84. The second-order valence-electron chi connectivity index (χ2n) is 4.19. The predicted octanol–water partition coefficient (Wildman–Crippen LogP) is 2.41. The fraction of sp³-hybridized carbons (Fsp3) is 0.417. The molecule has 0 saturated carbocycles. The molecule has 17 heavy (non-hydrogen) atoms. The number of aryl methyl sites for hydroxylation is 1. The van der Waals surface area contributed by atoms with Gasteiger partial charge in [0, 0.05) is 5.39 Å². The standard InChI is InChI=1S/C12H15N3O2/c1-4-7(2)15-11-9(6-13-15)5-10(12(16)17)8(3)14-11/h5-7H,4H2,1-3H3,(H,16,17). The molecule has 0 fully saturated rings. The van der Waals surface area contributed by atoms with Crippen molar-refractivity contribution in [1.82, 2.24) is 14.8 Å². The van der Waals surface area contributed by atoms with E-state index in [9.17, 15) is 4.79 Å². The van der Waals surface area contributed by atoms with E-state index in [2.05, 4.69) is 23.9 Å². The topological polar surface area (TPSA) is 68.0 Å². The number of fused-ring (bicyclic) bond motifs is 1. The lowest BCUT2D eigenvalue weighted by Crippen LogP contribution is -2.08. The van der Waals surface area contributed by atoms with Gasteiger partial charge in [-0.1, -0.05) is 6.92 Å². The number of rotatable bonds is 3. The number of aromatic nitrogens is 3. The van der Waals surface area contributed by atoms with Crippen LogP contribution in [0.1, 0.15) is 42.4 Å². The number of carboxylic acids is 1. The lowest BCUT2D eigenvalue weighted by molar-refractivity contribution is 0.0696. The van der Waals surface area contributed by atoms with Crippen LogP contribution < -0.4 is 0 Å². The molecule has 5 heteroatoms. The van der Waals surface area contributed by atoms with Gasteiger partial charge in [-0.15, -0.1) is 0 Å². The third kappa shape index (κ3) is 1.88. The number of aromatic carboxylic acids is 1. The summed E-state index contributed by atoms with van der Waals surface area (Å²) in [5.41, 5.74) is 1.51. The van der Waals surface area contributed by atoms with Crippen molar-refractivity contribution in [3.63, 3.8) is 0 Å². The van der Waals surface area contributed by atoms with Crippen molar-refractivity contribution in [1.29, 1.82) is 0 Å². The van der Waals surface area contributed by atoms with Gasteiger partial charge in [0.15, 0.2) is 5.65 Å². The normalized spacial score (nSPS) is 12.9. The van der Waals surface area contributed by atoms with Crippen molar-refractivity contribution in [3.05, 3.63) is 23.5 Å². The minimum absolute atomic E-state index is 0.237. The van der Waals surface area contributed by atoms with E-state index in [4.69, 9.17) is 5.11 Å². The maximum Gasteiger partial charge on any atom is 0.337 e. The molecule has 0 saturated heterocycles. The van der Waals surface area contributed by atoms with Gasteiger partial charge >= 0.3 is 5.97 Å². The predicted molar refractivity (Wildman–Crippen MR) is 64.2 cm³/mol. The van der Waals surface area contributed by atoms with Crippen molar-refractivity contribution in [2.45, 2.75) is 33.2 Å². The molecule has 0 spiro atoms. The van der Waals surface area contributed by atoms with Gasteiger partial charge in [0.2, 0.25) is 0 Å². The highest BCUT2D eigenvalue weighted by Crippen LogP contribution is 2.20. The first-order chi connectivity index (χ1) is 8.04. The number of nitrogens with zero attached hydrogens (tertiary/aromatic N) is 3. The van der Waals surface area contributed by atoms with Gasteiger partial charge in [-0.25, -0.2) is 14.5 Å². The zero-order valence-corrected chi connectivity index (χ0v) is 10.1. The second-order valence-corrected chi connectivity index (χ2v) is 4.19. The van der Waals surface area contributed by atoms with E-state index in [1.165, 1.54) is 0 Å². The Morgan fingerprint density at radius 3 is 2.88 bits per heavy atom. The summed E-state index contributed by atoms with van der Waals surface area (Å²) in [7, 11) is 0. The highest BCUT2D eigenvalue weighted by molar-refractivity contribution is 5.93. The maximum absolute atomic E-state index is 11.0. The SMILES string of the molecule is CCC(C)n1ncc2cc(C(=O)O)c(C)nc21. The van der Waals surface area contributed by atoms with Crippen molar-refractivity contribution in [2.24, 2.45) is 0 Å². The Labute approximate surface area is 99.1 Å². The minimum Gasteiger partial charge on any atom is -0.478 e. The van der Waals surface area contributed by atoms with Crippen LogP contribution in [0.3, 0.4) is 0 Å². The van der Waals surface area contributed by atoms with Crippen molar-refractivity contribution in [2.75, 3.05) is 0 Å². The van der Waals surface area contributed by atoms with Crippen LogP contribution in [0.2, 0.25) is 0 Å². The number of hydrogen-bond acceptors (Lipinski definition) is 3. The zero-order valence-electron chi connectivity index (χ0n) is 10.1. The molecular formula is C12H15N3O2. The number of carboxylic acid groups (broad SMARTS) is 1. The van der Waals surface area contributed by atoms with Crippen molar-refractivity contribution >= 4 is 17.0 Å². The smallest absolute Gasteiger partial charge is 0.337 e. The maximum atomic E-state index is 11.0. The van der Waals surface area contributed by atoms with E-state index in [1.807, 2.05) is 4.68 Å². The van der Waals surface area contributed by atoms with E-state index in [1.54, 1.807) is 19.2 Å². The van der Waals surface area contributed by atoms with Gasteiger partial charge in [0.05, 0.1) is 23.5 Å². The van der Waals surface area contributed by atoms with Gasteiger partial charge < -0.3 is 5.11 Å². The second kappa shape index (κ2) is 4.16. The zero-order chi connectivity index (χ0) is 12.6. The van der Waals surface area contributed by atoms with Gasteiger partial charge in [-0.2, -0.15) is 5.10 Å². The third-order valence-electron chi connectivity index (χ3n) is 3.00. The summed E-state index contributed by atoms with van der Waals surface area (Å²) >= 11 is 0. The van der Waals surface area contributed by atoms with E-state index in [-0.39, 0.29) is 11.6 Å². The van der Waals surface area contributed by atoms with E-state index < -0.39 is 5.97 Å². The molecule has 0 aromatic carbocycles. The van der Waals surface area contributed by atoms with Crippen LogP contribution in [0.4, 0.5) is 0 Å². The van der Waals surface area contributed by atoms with E-state index >= 15 is 0 Å². The Hall–Kier alpha value is -1.91. The van der Waals surface area contributed by atoms with E-state index in [0.29, 0.717) is 5.69 Å². The molecule has 0 aliphatic rings. The quantitative estimate of drug-likeness (QED) is 0.883. The monoisotopic (exact) mass is 233 g/mol. The fourth-order valence-electron chi connectivity index (χ4n) is 1.78. The molecule has 2 aromatic heterocycles. The van der Waals surface area contributed by atoms with Crippen LogP contribution in [-0.2, 0) is 0 Å². The fourth-order valence-corrected chi connectivity index (χ4v) is 1.78. The molecule has 1 atom stereocenters. The average molecular weight is 233 g/mol. The van der Waals surface area contributed by atoms with Crippen LogP contribution >= 0.6 is 0 Å². The first-order valence-electron chi connectivity index (χ1n) is 5.62. The van der Waals surface area contributed by atoms with E-state index in [0.717, 1.165) is 17.5 Å². The molecule has 5 nitrogen and oxygen atoms in total. The Kier molecular flexibility index (Phi) is 2.83. The lowest BCUT2D eigenvalue weighted by atomic mass is 10.2. The summed E-state index contributed by atoms with van der Waals surface area (Å²) in [6.07, 6.45) is 2.62. The summed E-state index contributed by atoms with van der Waals surface area (Å²) in [5, 5.41) is 14.1. The molecule has 0 radical (unpaired) electrons. The molecule has 2 aromatic rings. The van der Waals surface area contributed by atoms with Gasteiger partial charge in [-0.05, 0) is 26.3 Å². The molecule has 1 unspecified atom stereocenters. The van der Waals surface area contributed by atoms with Gasteiger partial charge in [-0.3, -0.25) is 0 Å². The highest BCUT2D eigenvalue weighted by Gasteiger charge is 2.14. The Morgan fingerprint density at radius 2 is 2.29 bits per heavy atom. The molecule has 0 aliphatic carbocycles. The number of carbonyl (C=O) groups is 1.